The van der Waals surface area contributed by atoms with Gasteiger partial charge >= 0.3 is 0 Å². The van der Waals surface area contributed by atoms with E-state index in [1.165, 1.54) is 10.9 Å². The Hall–Kier alpha value is -3.87. The molecule has 0 spiro atoms. The van der Waals surface area contributed by atoms with Crippen molar-refractivity contribution in [3.8, 4) is 11.5 Å². The van der Waals surface area contributed by atoms with Crippen LogP contribution < -0.4 is 15.6 Å². The Morgan fingerprint density at radius 2 is 1.86 bits per heavy atom. The van der Waals surface area contributed by atoms with Gasteiger partial charge in [0.2, 0.25) is 5.71 Å². The first-order valence-corrected chi connectivity index (χ1v) is 9.08. The molecule has 0 saturated heterocycles. The second kappa shape index (κ2) is 7.63. The minimum absolute atomic E-state index is 0.156. The van der Waals surface area contributed by atoms with Gasteiger partial charge in [0.15, 0.2) is 0 Å². The lowest BCUT2D eigenvalue weighted by Crippen LogP contribution is -2.26. The molecule has 1 amide bonds. The highest BCUT2D eigenvalue weighted by molar-refractivity contribution is 6.06. The Morgan fingerprint density at radius 1 is 1.14 bits per heavy atom. The summed E-state index contributed by atoms with van der Waals surface area (Å²) in [5.41, 5.74) is 0.838. The molecule has 2 heterocycles. The van der Waals surface area contributed by atoms with Crippen LogP contribution in [0, 0.1) is 6.92 Å². The lowest BCUT2D eigenvalue weighted by atomic mass is 10.1. The van der Waals surface area contributed by atoms with Crippen molar-refractivity contribution in [1.29, 1.82) is 0 Å². The zero-order valence-electron chi connectivity index (χ0n) is 16.0. The maximum Gasteiger partial charge on any atom is 0.265 e. The minimum Gasteiger partial charge on any atom is -0.457 e. The average molecular weight is 389 g/mol. The molecule has 146 valence electrons. The molecular weight excluding hydrogens is 370 g/mol. The molecule has 0 saturated carbocycles. The third-order valence-electron chi connectivity index (χ3n) is 4.56. The number of aryl methyl sites for hydroxylation is 2. The zero-order valence-corrected chi connectivity index (χ0v) is 16.0. The summed E-state index contributed by atoms with van der Waals surface area (Å²) in [5, 5.41) is 3.03. The molecule has 0 atom stereocenters. The van der Waals surface area contributed by atoms with Crippen LogP contribution in [0.25, 0.3) is 11.1 Å². The molecule has 2 aromatic carbocycles. The number of nitrogens with one attached hydrogen (secondary N) is 1. The second-order valence-corrected chi connectivity index (χ2v) is 6.58. The van der Waals surface area contributed by atoms with Crippen LogP contribution in [-0.2, 0) is 13.6 Å². The molecule has 0 aliphatic carbocycles. The van der Waals surface area contributed by atoms with E-state index in [1.807, 2.05) is 54.6 Å². The fraction of sp³-hybridized carbons (Fsp3) is 0.136. The molecule has 0 bridgehead atoms. The Morgan fingerprint density at radius 3 is 2.66 bits per heavy atom. The third kappa shape index (κ3) is 3.62. The van der Waals surface area contributed by atoms with Crippen LogP contribution in [0.15, 0.2) is 70.1 Å². The summed E-state index contributed by atoms with van der Waals surface area (Å²) in [6, 6.07) is 16.9. The highest BCUT2D eigenvalue weighted by atomic mass is 16.5. The van der Waals surface area contributed by atoms with Gasteiger partial charge in [0.1, 0.15) is 29.0 Å². The van der Waals surface area contributed by atoms with Crippen molar-refractivity contribution in [2.24, 2.45) is 7.05 Å². The molecule has 0 unspecified atom stereocenters. The summed E-state index contributed by atoms with van der Waals surface area (Å²) in [4.78, 5) is 29.4. The summed E-state index contributed by atoms with van der Waals surface area (Å²) in [7, 11) is 1.58. The van der Waals surface area contributed by atoms with E-state index in [4.69, 9.17) is 9.15 Å². The fourth-order valence-electron chi connectivity index (χ4n) is 3.09. The van der Waals surface area contributed by atoms with Crippen LogP contribution >= 0.6 is 0 Å². The molecule has 0 fully saturated rings. The first-order chi connectivity index (χ1) is 14.0. The predicted octanol–water partition coefficient (Wildman–Crippen LogP) is 3.56. The van der Waals surface area contributed by atoms with Gasteiger partial charge in [0.05, 0.1) is 5.56 Å². The summed E-state index contributed by atoms with van der Waals surface area (Å²) in [5.74, 6) is 1.30. The Labute approximate surface area is 166 Å². The van der Waals surface area contributed by atoms with Crippen LogP contribution in [0.3, 0.4) is 0 Å². The highest BCUT2D eigenvalue weighted by Crippen LogP contribution is 2.25. The number of amides is 1. The van der Waals surface area contributed by atoms with Crippen LogP contribution in [0.5, 0.6) is 11.5 Å². The van der Waals surface area contributed by atoms with Gasteiger partial charge in [-0.1, -0.05) is 36.4 Å². The average Bonchev–Trinajstić information content (AvgIpc) is 3.07. The largest absolute Gasteiger partial charge is 0.457 e. The first kappa shape index (κ1) is 18.5. The number of para-hydroxylation sites is 2. The Kier molecular flexibility index (Phi) is 4.87. The summed E-state index contributed by atoms with van der Waals surface area (Å²) in [6.07, 6.45) is 1.37. The molecule has 0 aliphatic heterocycles. The van der Waals surface area contributed by atoms with Crippen molar-refractivity contribution in [2.75, 3.05) is 0 Å². The third-order valence-corrected chi connectivity index (χ3v) is 4.56. The van der Waals surface area contributed by atoms with Gasteiger partial charge in [0, 0.05) is 19.2 Å². The number of aromatic nitrogens is 2. The smallest absolute Gasteiger partial charge is 0.265 e. The van der Waals surface area contributed by atoms with E-state index < -0.39 is 5.91 Å². The standard InChI is InChI=1S/C22H19N3O4/c1-14-18(19-21(28-14)24-13-25(2)22(19)27)20(26)23-12-15-8-6-7-11-17(15)29-16-9-4-3-5-10-16/h3-11,13H,12H2,1-2H3,(H,23,26). The second-order valence-electron chi connectivity index (χ2n) is 6.58. The zero-order chi connectivity index (χ0) is 20.4. The molecule has 2 aromatic heterocycles. The van der Waals surface area contributed by atoms with Gasteiger partial charge < -0.3 is 19.0 Å². The molecule has 1 N–H and O–H groups in total. The van der Waals surface area contributed by atoms with Crippen molar-refractivity contribution < 1.29 is 13.9 Å². The van der Waals surface area contributed by atoms with Gasteiger partial charge in [-0.25, -0.2) is 4.98 Å². The van der Waals surface area contributed by atoms with Crippen molar-refractivity contribution in [3.05, 3.63) is 88.2 Å². The van der Waals surface area contributed by atoms with E-state index in [-0.39, 0.29) is 28.8 Å². The molecule has 4 rings (SSSR count). The van der Waals surface area contributed by atoms with E-state index in [9.17, 15) is 9.59 Å². The lowest BCUT2D eigenvalue weighted by Gasteiger charge is -2.12. The molecule has 4 aromatic rings. The van der Waals surface area contributed by atoms with Gasteiger partial charge in [-0.3, -0.25) is 9.59 Å². The van der Waals surface area contributed by atoms with Gasteiger partial charge in [-0.15, -0.1) is 0 Å². The highest BCUT2D eigenvalue weighted by Gasteiger charge is 2.22. The number of fused-ring (bicyclic) bond motifs is 1. The van der Waals surface area contributed by atoms with Crippen molar-refractivity contribution in [3.63, 3.8) is 0 Å². The Bertz CT molecular complexity index is 1240. The van der Waals surface area contributed by atoms with E-state index in [1.54, 1.807) is 14.0 Å². The van der Waals surface area contributed by atoms with Gasteiger partial charge in [0.25, 0.3) is 11.5 Å². The molecular formula is C22H19N3O4. The van der Waals surface area contributed by atoms with Crippen LogP contribution in [0.1, 0.15) is 21.7 Å². The van der Waals surface area contributed by atoms with Crippen molar-refractivity contribution in [1.82, 2.24) is 14.9 Å². The molecule has 0 radical (unpaired) electrons. The van der Waals surface area contributed by atoms with E-state index in [0.717, 1.165) is 5.56 Å². The molecule has 0 aliphatic rings. The van der Waals surface area contributed by atoms with E-state index in [0.29, 0.717) is 17.3 Å². The number of rotatable bonds is 5. The fourth-order valence-corrected chi connectivity index (χ4v) is 3.09. The predicted molar refractivity (Wildman–Crippen MR) is 108 cm³/mol. The summed E-state index contributed by atoms with van der Waals surface area (Å²) in [6.45, 7) is 1.87. The van der Waals surface area contributed by atoms with Crippen LogP contribution in [0.2, 0.25) is 0 Å². The SMILES string of the molecule is Cc1oc2ncn(C)c(=O)c2c1C(=O)NCc1ccccc1Oc1ccccc1. The quantitative estimate of drug-likeness (QED) is 0.564. The van der Waals surface area contributed by atoms with Crippen LogP contribution in [0.4, 0.5) is 0 Å². The number of benzene rings is 2. The summed E-state index contributed by atoms with van der Waals surface area (Å²) >= 11 is 0. The lowest BCUT2D eigenvalue weighted by molar-refractivity contribution is 0.0950. The van der Waals surface area contributed by atoms with Gasteiger partial charge in [-0.2, -0.15) is 0 Å². The molecule has 7 nitrogen and oxygen atoms in total. The Balaban J connectivity index is 1.59. The molecule has 7 heteroatoms. The molecule has 29 heavy (non-hydrogen) atoms. The number of carbonyl (C=O) groups excluding carboxylic acids is 1. The topological polar surface area (TPSA) is 86.4 Å². The number of nitrogens with zero attached hydrogens (tertiary/aromatic N) is 2. The normalized spacial score (nSPS) is 10.8. The maximum atomic E-state index is 12.9. The number of carbonyl (C=O) groups is 1. The van der Waals surface area contributed by atoms with E-state index in [2.05, 4.69) is 10.3 Å². The number of furan rings is 1. The van der Waals surface area contributed by atoms with E-state index >= 15 is 0 Å². The number of hydrogen-bond acceptors (Lipinski definition) is 5. The minimum atomic E-state index is -0.402. The first-order valence-electron chi connectivity index (χ1n) is 9.08. The van der Waals surface area contributed by atoms with Gasteiger partial charge in [-0.05, 0) is 25.1 Å². The number of ether oxygens (including phenoxy) is 1. The maximum absolute atomic E-state index is 12.9. The van der Waals surface area contributed by atoms with Crippen molar-refractivity contribution in [2.45, 2.75) is 13.5 Å². The monoisotopic (exact) mass is 389 g/mol. The van der Waals surface area contributed by atoms with Crippen LogP contribution in [-0.4, -0.2) is 15.5 Å². The summed E-state index contributed by atoms with van der Waals surface area (Å²) < 4.78 is 12.7. The number of hydrogen-bond donors (Lipinski definition) is 1. The van der Waals surface area contributed by atoms with Crippen molar-refractivity contribution >= 4 is 17.0 Å².